The largest absolute Gasteiger partial charge is 0.416 e. The number of fused-ring (bicyclic) bond motifs is 1. The average molecular weight is 718 g/mol. The first-order valence-electron chi connectivity index (χ1n) is 17.1. The molecule has 8 nitrogen and oxygen atoms in total. The number of thioether (sulfide) groups is 1. The molecule has 0 saturated carbocycles. The summed E-state index contributed by atoms with van der Waals surface area (Å²) in [4.78, 5) is 22.3. The van der Waals surface area contributed by atoms with Gasteiger partial charge in [0, 0.05) is 36.1 Å². The highest BCUT2D eigenvalue weighted by atomic mass is 32.2. The summed E-state index contributed by atoms with van der Waals surface area (Å²) in [6, 6.07) is 19.8. The third-order valence-corrected chi connectivity index (χ3v) is 10.9. The van der Waals surface area contributed by atoms with Gasteiger partial charge in [0.05, 0.1) is 25.2 Å². The number of likely N-dealkylation sites (N-methyl/N-ethyl adjacent to an activating group) is 1. The average Bonchev–Trinajstić information content (AvgIpc) is 3.88. The molecule has 266 valence electrons. The van der Waals surface area contributed by atoms with Gasteiger partial charge in [0.15, 0.2) is 11.0 Å². The second-order valence-corrected chi connectivity index (χ2v) is 14.5. The lowest BCUT2D eigenvalue weighted by Crippen LogP contribution is -2.31. The van der Waals surface area contributed by atoms with Gasteiger partial charge in [0.1, 0.15) is 11.6 Å². The molecule has 3 heterocycles. The summed E-state index contributed by atoms with van der Waals surface area (Å²) < 4.78 is 57.2. The molecule has 0 spiro atoms. The van der Waals surface area contributed by atoms with Crippen molar-refractivity contribution >= 4 is 11.8 Å². The first kappa shape index (κ1) is 35.1. The molecular weight excluding hydrogens is 679 g/mol. The van der Waals surface area contributed by atoms with Crippen molar-refractivity contribution < 1.29 is 17.6 Å². The van der Waals surface area contributed by atoms with Crippen molar-refractivity contribution in [1.82, 2.24) is 34.1 Å². The van der Waals surface area contributed by atoms with Crippen LogP contribution in [0, 0.1) is 5.82 Å². The molecule has 0 N–H and O–H groups in total. The van der Waals surface area contributed by atoms with Gasteiger partial charge in [-0.3, -0.25) is 9.69 Å². The highest BCUT2D eigenvalue weighted by Gasteiger charge is 2.30. The maximum Gasteiger partial charge on any atom is 0.416 e. The second-order valence-electron chi connectivity index (χ2n) is 13.5. The number of likely N-dealkylation sites (tertiary alicyclic amines) is 1. The Morgan fingerprint density at radius 3 is 2.12 bits per heavy atom. The van der Waals surface area contributed by atoms with Crippen molar-refractivity contribution in [1.29, 1.82) is 0 Å². The number of alkyl halides is 3. The summed E-state index contributed by atoms with van der Waals surface area (Å²) in [5.74, 6) is 1.80. The molecule has 2 aliphatic rings. The van der Waals surface area contributed by atoms with Crippen LogP contribution in [0.5, 0.6) is 0 Å². The number of aromatic nitrogens is 5. The van der Waals surface area contributed by atoms with Crippen molar-refractivity contribution in [3.05, 3.63) is 129 Å². The molecule has 1 atom stereocenters. The van der Waals surface area contributed by atoms with E-state index in [1.807, 2.05) is 24.3 Å². The monoisotopic (exact) mass is 717 g/mol. The lowest BCUT2D eigenvalue weighted by atomic mass is 10.0. The molecule has 0 bridgehead atoms. The van der Waals surface area contributed by atoms with Gasteiger partial charge < -0.3 is 14.0 Å². The normalized spacial score (nSPS) is 16.3. The summed E-state index contributed by atoms with van der Waals surface area (Å²) in [7, 11) is 4.21. The van der Waals surface area contributed by atoms with Crippen LogP contribution in [0.25, 0.3) is 11.1 Å². The molecule has 1 aliphatic carbocycles. The van der Waals surface area contributed by atoms with E-state index < -0.39 is 11.7 Å². The fraction of sp³-hybridized carbons (Fsp3) is 0.368. The zero-order valence-electron chi connectivity index (χ0n) is 28.5. The highest BCUT2D eigenvalue weighted by Crippen LogP contribution is 2.32. The number of rotatable bonds is 11. The third kappa shape index (κ3) is 7.95. The van der Waals surface area contributed by atoms with Gasteiger partial charge in [-0.05, 0) is 86.3 Å². The first-order chi connectivity index (χ1) is 24.5. The van der Waals surface area contributed by atoms with Crippen LogP contribution in [0.3, 0.4) is 0 Å². The Balaban J connectivity index is 1.19. The summed E-state index contributed by atoms with van der Waals surface area (Å²) in [6.07, 6.45) is -0.974. The SMILES string of the molecule is CN(C)[C@@H]1CCN(Cc2nnc(Cn3c(SCc4ccc(F)cc4)nc(=O)c4c3CCC4)n2Cc2ccc(-c3ccc(C(F)(F)F)cc3)cc2)C1. The molecule has 13 heteroatoms. The van der Waals surface area contributed by atoms with Gasteiger partial charge in [-0.15, -0.1) is 10.2 Å². The molecule has 3 aromatic carbocycles. The standard InChI is InChI=1S/C38H39F4N7OS/c1-46(2)31-18-19-47(21-31)22-34-44-45-35(49(34)20-25-6-10-27(11-7-25)28-12-14-29(15-13-28)38(40,41)42)23-48-33-5-3-4-32(33)36(50)43-37(48)51-24-26-8-16-30(39)17-9-26/h6-17,31H,3-5,18-24H2,1-2H3/t31-/m1/s1. The van der Waals surface area contributed by atoms with Gasteiger partial charge in [-0.1, -0.05) is 60.3 Å². The summed E-state index contributed by atoms with van der Waals surface area (Å²) in [6.45, 7) is 3.38. The molecule has 7 rings (SSSR count). The van der Waals surface area contributed by atoms with Crippen LogP contribution in [-0.2, 0) is 44.4 Å². The maximum absolute atomic E-state index is 13.6. The van der Waals surface area contributed by atoms with Gasteiger partial charge in [-0.2, -0.15) is 18.2 Å². The minimum absolute atomic E-state index is 0.194. The Bertz CT molecular complexity index is 2040. The van der Waals surface area contributed by atoms with Crippen LogP contribution in [0.2, 0.25) is 0 Å². The summed E-state index contributed by atoms with van der Waals surface area (Å²) in [5, 5.41) is 10.0. The lowest BCUT2D eigenvalue weighted by Gasteiger charge is -2.21. The molecule has 1 aliphatic heterocycles. The number of hydrogen-bond donors (Lipinski definition) is 0. The minimum Gasteiger partial charge on any atom is -0.316 e. The van der Waals surface area contributed by atoms with E-state index in [4.69, 9.17) is 10.2 Å². The molecule has 0 radical (unpaired) electrons. The van der Waals surface area contributed by atoms with E-state index >= 15 is 0 Å². The van der Waals surface area contributed by atoms with E-state index in [0.29, 0.717) is 48.6 Å². The molecule has 0 amide bonds. The van der Waals surface area contributed by atoms with Crippen LogP contribution >= 0.6 is 11.8 Å². The third-order valence-electron chi connectivity index (χ3n) is 9.87. The molecule has 1 fully saturated rings. The van der Waals surface area contributed by atoms with Crippen LogP contribution in [0.1, 0.15) is 52.4 Å². The van der Waals surface area contributed by atoms with Gasteiger partial charge in [0.2, 0.25) is 0 Å². The predicted octanol–water partition coefficient (Wildman–Crippen LogP) is 6.67. The highest BCUT2D eigenvalue weighted by molar-refractivity contribution is 7.98. The Morgan fingerprint density at radius 1 is 0.824 bits per heavy atom. The second kappa shape index (κ2) is 14.7. The predicted molar refractivity (Wildman–Crippen MR) is 189 cm³/mol. The number of hydrogen-bond acceptors (Lipinski definition) is 7. The molecule has 51 heavy (non-hydrogen) atoms. The van der Waals surface area contributed by atoms with E-state index in [1.165, 1.54) is 36.0 Å². The number of benzene rings is 3. The van der Waals surface area contributed by atoms with Crippen molar-refractivity contribution in [3.63, 3.8) is 0 Å². The van der Waals surface area contributed by atoms with Crippen LogP contribution in [0.4, 0.5) is 17.6 Å². The lowest BCUT2D eigenvalue weighted by molar-refractivity contribution is -0.137. The minimum atomic E-state index is -4.38. The molecular formula is C38H39F4N7OS. The van der Waals surface area contributed by atoms with E-state index in [1.54, 1.807) is 12.1 Å². The molecule has 1 saturated heterocycles. The fourth-order valence-corrected chi connectivity index (χ4v) is 7.90. The van der Waals surface area contributed by atoms with Gasteiger partial charge in [0.25, 0.3) is 5.56 Å². The summed E-state index contributed by atoms with van der Waals surface area (Å²) in [5.41, 5.74) is 4.30. The number of nitrogens with zero attached hydrogens (tertiary/aromatic N) is 7. The smallest absolute Gasteiger partial charge is 0.316 e. The van der Waals surface area contributed by atoms with Crippen molar-refractivity contribution in [3.8, 4) is 11.1 Å². The Labute approximate surface area is 298 Å². The van der Waals surface area contributed by atoms with Crippen LogP contribution in [-0.4, -0.2) is 67.3 Å². The van der Waals surface area contributed by atoms with E-state index in [2.05, 4.69) is 38.0 Å². The van der Waals surface area contributed by atoms with Crippen molar-refractivity contribution in [2.75, 3.05) is 27.2 Å². The van der Waals surface area contributed by atoms with E-state index in [9.17, 15) is 22.4 Å². The quantitative estimate of drug-likeness (QED) is 0.0859. The first-order valence-corrected chi connectivity index (χ1v) is 18.1. The van der Waals surface area contributed by atoms with Gasteiger partial charge in [-0.25, -0.2) is 4.39 Å². The molecule has 2 aromatic heterocycles. The Kier molecular flexibility index (Phi) is 10.1. The van der Waals surface area contributed by atoms with E-state index in [-0.39, 0.29) is 11.4 Å². The number of halogens is 4. The van der Waals surface area contributed by atoms with E-state index in [0.717, 1.165) is 84.1 Å². The van der Waals surface area contributed by atoms with Crippen LogP contribution < -0.4 is 5.56 Å². The molecule has 5 aromatic rings. The van der Waals surface area contributed by atoms with Crippen molar-refractivity contribution in [2.45, 2.75) is 68.4 Å². The van der Waals surface area contributed by atoms with Crippen LogP contribution in [0.15, 0.2) is 82.7 Å². The Hall–Kier alpha value is -4.33. The topological polar surface area (TPSA) is 72.1 Å². The zero-order chi connectivity index (χ0) is 35.7. The summed E-state index contributed by atoms with van der Waals surface area (Å²) >= 11 is 1.45. The maximum atomic E-state index is 13.6. The Morgan fingerprint density at radius 2 is 1.47 bits per heavy atom. The molecule has 0 unspecified atom stereocenters. The fourth-order valence-electron chi connectivity index (χ4n) is 6.93. The zero-order valence-corrected chi connectivity index (χ0v) is 29.4. The van der Waals surface area contributed by atoms with Crippen molar-refractivity contribution in [2.24, 2.45) is 0 Å². The van der Waals surface area contributed by atoms with Gasteiger partial charge >= 0.3 is 6.18 Å².